The molecule has 18 heavy (non-hydrogen) atoms. The summed E-state index contributed by atoms with van der Waals surface area (Å²) in [6.45, 7) is 0.622. The maximum atomic E-state index is 13.3. The van der Waals surface area contributed by atoms with E-state index in [9.17, 15) is 9.18 Å². The first-order valence-corrected chi connectivity index (χ1v) is 6.49. The molecule has 0 radical (unpaired) electrons. The van der Waals surface area contributed by atoms with Crippen LogP contribution >= 0.6 is 0 Å². The molecule has 1 aromatic carbocycles. The fraction of sp³-hybridized carbons (Fsp3) is 0.500. The molecule has 1 heterocycles. The van der Waals surface area contributed by atoms with Crippen LogP contribution in [0.5, 0.6) is 0 Å². The minimum absolute atomic E-state index is 0.0376. The van der Waals surface area contributed by atoms with E-state index in [2.05, 4.69) is 0 Å². The normalized spacial score (nSPS) is 21.1. The number of nitrogens with zero attached hydrogens (tertiary/aromatic N) is 1. The highest BCUT2D eigenvalue weighted by molar-refractivity contribution is 6.01. The zero-order valence-corrected chi connectivity index (χ0v) is 10.3. The predicted molar refractivity (Wildman–Crippen MR) is 67.8 cm³/mol. The molecule has 0 spiro atoms. The predicted octanol–water partition coefficient (Wildman–Crippen LogP) is 1.99. The van der Waals surface area contributed by atoms with Gasteiger partial charge in [0.1, 0.15) is 5.82 Å². The summed E-state index contributed by atoms with van der Waals surface area (Å²) >= 11 is 0. The number of rotatable bonds is 1. The molecule has 1 aromatic rings. The van der Waals surface area contributed by atoms with E-state index in [0.29, 0.717) is 12.2 Å². The first kappa shape index (κ1) is 11.7. The molecule has 1 fully saturated rings. The molecule has 1 aliphatic heterocycles. The lowest BCUT2D eigenvalue weighted by Gasteiger charge is -2.29. The Morgan fingerprint density at radius 2 is 2.06 bits per heavy atom. The maximum Gasteiger partial charge on any atom is 0.247 e. The minimum atomic E-state index is -0.728. The Labute approximate surface area is 106 Å². The Hall–Kier alpha value is -1.42. The van der Waals surface area contributed by atoms with Gasteiger partial charge in [-0.3, -0.25) is 4.79 Å². The zero-order valence-electron chi connectivity index (χ0n) is 10.3. The molecule has 2 N–H and O–H groups in total. The second kappa shape index (κ2) is 4.05. The van der Waals surface area contributed by atoms with E-state index in [0.717, 1.165) is 37.7 Å². The third-order valence-corrected chi connectivity index (χ3v) is 4.11. The first-order valence-electron chi connectivity index (χ1n) is 6.49. The highest BCUT2D eigenvalue weighted by Crippen LogP contribution is 2.35. The van der Waals surface area contributed by atoms with Crippen molar-refractivity contribution >= 4 is 11.6 Å². The molecule has 1 aliphatic carbocycles. The van der Waals surface area contributed by atoms with Gasteiger partial charge < -0.3 is 10.6 Å². The lowest BCUT2D eigenvalue weighted by Crippen LogP contribution is -2.53. The van der Waals surface area contributed by atoms with Crippen LogP contribution < -0.4 is 10.6 Å². The largest absolute Gasteiger partial charge is 0.317 e. The summed E-state index contributed by atoms with van der Waals surface area (Å²) in [6.07, 6.45) is 4.29. The third-order valence-electron chi connectivity index (χ3n) is 4.11. The zero-order chi connectivity index (χ0) is 12.8. The first-order chi connectivity index (χ1) is 8.60. The van der Waals surface area contributed by atoms with E-state index < -0.39 is 5.54 Å². The second-order valence-electron chi connectivity index (χ2n) is 5.34. The molecule has 2 aliphatic rings. The Kier molecular flexibility index (Phi) is 2.63. The van der Waals surface area contributed by atoms with Gasteiger partial charge in [-0.15, -0.1) is 0 Å². The van der Waals surface area contributed by atoms with Crippen LogP contribution in [0.1, 0.15) is 31.2 Å². The molecule has 3 rings (SSSR count). The van der Waals surface area contributed by atoms with Crippen LogP contribution in [0, 0.1) is 5.82 Å². The van der Waals surface area contributed by atoms with Crippen LogP contribution in [0.25, 0.3) is 0 Å². The van der Waals surface area contributed by atoms with Crippen LogP contribution in [-0.4, -0.2) is 18.0 Å². The average Bonchev–Trinajstić information content (AvgIpc) is 2.95. The molecular weight excluding hydrogens is 231 g/mol. The smallest absolute Gasteiger partial charge is 0.247 e. The van der Waals surface area contributed by atoms with Crippen molar-refractivity contribution in [2.24, 2.45) is 5.73 Å². The summed E-state index contributed by atoms with van der Waals surface area (Å²) in [7, 11) is 0. The standard InChI is InChI=1S/C14H17FN2O/c15-11-4-3-10-5-8-17(12(10)9-11)13(18)14(16)6-1-2-7-14/h3-4,9H,1-2,5-8,16H2. The fourth-order valence-corrected chi connectivity index (χ4v) is 3.05. The summed E-state index contributed by atoms with van der Waals surface area (Å²) in [5, 5.41) is 0. The van der Waals surface area contributed by atoms with Gasteiger partial charge in [0.25, 0.3) is 0 Å². The minimum Gasteiger partial charge on any atom is -0.317 e. The lowest BCUT2D eigenvalue weighted by molar-refractivity contribution is -0.123. The Balaban J connectivity index is 1.92. The molecule has 1 amide bonds. The molecular formula is C14H17FN2O. The van der Waals surface area contributed by atoms with Crippen molar-refractivity contribution in [2.45, 2.75) is 37.6 Å². The van der Waals surface area contributed by atoms with E-state index in [-0.39, 0.29) is 11.7 Å². The van der Waals surface area contributed by atoms with Crippen LogP contribution in [0.2, 0.25) is 0 Å². The van der Waals surface area contributed by atoms with Crippen molar-refractivity contribution in [3.8, 4) is 0 Å². The number of amides is 1. The molecule has 96 valence electrons. The van der Waals surface area contributed by atoms with Gasteiger partial charge in [-0.05, 0) is 37.0 Å². The Bertz CT molecular complexity index is 495. The van der Waals surface area contributed by atoms with E-state index >= 15 is 0 Å². The van der Waals surface area contributed by atoms with Gasteiger partial charge in [0.05, 0.1) is 5.54 Å². The number of halogens is 1. The summed E-state index contributed by atoms with van der Waals surface area (Å²) in [5.41, 5.74) is 7.20. The summed E-state index contributed by atoms with van der Waals surface area (Å²) in [4.78, 5) is 14.2. The van der Waals surface area contributed by atoms with Gasteiger partial charge in [-0.25, -0.2) is 4.39 Å². The van der Waals surface area contributed by atoms with Crippen molar-refractivity contribution in [2.75, 3.05) is 11.4 Å². The average molecular weight is 248 g/mol. The number of anilines is 1. The number of nitrogens with two attached hydrogens (primary N) is 1. The van der Waals surface area contributed by atoms with E-state index in [1.165, 1.54) is 12.1 Å². The topological polar surface area (TPSA) is 46.3 Å². The Morgan fingerprint density at radius 1 is 1.33 bits per heavy atom. The van der Waals surface area contributed by atoms with Gasteiger partial charge in [0.15, 0.2) is 0 Å². The number of carbonyl (C=O) groups excluding carboxylic acids is 1. The highest BCUT2D eigenvalue weighted by atomic mass is 19.1. The molecule has 1 saturated carbocycles. The molecule has 0 saturated heterocycles. The molecule has 0 unspecified atom stereocenters. The van der Waals surface area contributed by atoms with Crippen LogP contribution in [-0.2, 0) is 11.2 Å². The van der Waals surface area contributed by atoms with Crippen LogP contribution in [0.4, 0.5) is 10.1 Å². The fourth-order valence-electron chi connectivity index (χ4n) is 3.05. The summed E-state index contributed by atoms with van der Waals surface area (Å²) < 4.78 is 13.3. The second-order valence-corrected chi connectivity index (χ2v) is 5.34. The lowest BCUT2D eigenvalue weighted by atomic mass is 9.97. The number of benzene rings is 1. The van der Waals surface area contributed by atoms with Gasteiger partial charge in [-0.2, -0.15) is 0 Å². The Morgan fingerprint density at radius 3 is 2.78 bits per heavy atom. The van der Waals surface area contributed by atoms with Crippen molar-refractivity contribution in [1.82, 2.24) is 0 Å². The number of hydrogen-bond donors (Lipinski definition) is 1. The van der Waals surface area contributed by atoms with Crippen molar-refractivity contribution in [3.05, 3.63) is 29.6 Å². The highest BCUT2D eigenvalue weighted by Gasteiger charge is 2.41. The van der Waals surface area contributed by atoms with Gasteiger partial charge in [0, 0.05) is 12.2 Å². The third kappa shape index (κ3) is 1.72. The van der Waals surface area contributed by atoms with E-state index in [4.69, 9.17) is 5.73 Å². The van der Waals surface area contributed by atoms with E-state index in [1.807, 2.05) is 0 Å². The molecule has 0 atom stereocenters. The number of fused-ring (bicyclic) bond motifs is 1. The van der Waals surface area contributed by atoms with Crippen LogP contribution in [0.15, 0.2) is 18.2 Å². The molecule has 0 bridgehead atoms. The number of carbonyl (C=O) groups is 1. The van der Waals surface area contributed by atoms with E-state index in [1.54, 1.807) is 11.0 Å². The molecule has 3 nitrogen and oxygen atoms in total. The van der Waals surface area contributed by atoms with Crippen molar-refractivity contribution < 1.29 is 9.18 Å². The van der Waals surface area contributed by atoms with Gasteiger partial charge in [-0.1, -0.05) is 18.9 Å². The van der Waals surface area contributed by atoms with Gasteiger partial charge >= 0.3 is 0 Å². The number of hydrogen-bond acceptors (Lipinski definition) is 2. The quantitative estimate of drug-likeness (QED) is 0.826. The van der Waals surface area contributed by atoms with Crippen LogP contribution in [0.3, 0.4) is 0 Å². The summed E-state index contributed by atoms with van der Waals surface area (Å²) in [6, 6.07) is 4.65. The van der Waals surface area contributed by atoms with Crippen molar-refractivity contribution in [1.29, 1.82) is 0 Å². The molecule has 0 aromatic heterocycles. The molecule has 4 heteroatoms. The SMILES string of the molecule is NC1(C(=O)N2CCc3ccc(F)cc32)CCCC1. The maximum absolute atomic E-state index is 13.3. The summed E-state index contributed by atoms with van der Waals surface area (Å²) in [5.74, 6) is -0.338. The van der Waals surface area contributed by atoms with Gasteiger partial charge in [0.2, 0.25) is 5.91 Å². The monoisotopic (exact) mass is 248 g/mol. The van der Waals surface area contributed by atoms with Crippen molar-refractivity contribution in [3.63, 3.8) is 0 Å².